The Labute approximate surface area is 77.2 Å². The minimum absolute atomic E-state index is 0.0381. The van der Waals surface area contributed by atoms with Crippen LogP contribution >= 0.6 is 7.82 Å². The third-order valence-corrected chi connectivity index (χ3v) is 1.79. The van der Waals surface area contributed by atoms with Crippen molar-refractivity contribution >= 4 is 7.82 Å². The van der Waals surface area contributed by atoms with Crippen LogP contribution in [-0.2, 0) is 9.09 Å². The Morgan fingerprint density at radius 1 is 1.23 bits per heavy atom. The number of rotatable bonds is 8. The molecule has 0 aromatic carbocycles. The second-order valence-electron chi connectivity index (χ2n) is 2.50. The number of hydrogen-bond acceptors (Lipinski definition) is 4. The van der Waals surface area contributed by atoms with Crippen molar-refractivity contribution in [2.24, 2.45) is 0 Å². The molecule has 13 heavy (non-hydrogen) atoms. The van der Waals surface area contributed by atoms with Gasteiger partial charge in [0.1, 0.15) is 0 Å². The summed E-state index contributed by atoms with van der Waals surface area (Å²) in [6.45, 7) is 1.51. The van der Waals surface area contributed by atoms with Gasteiger partial charge in [-0.3, -0.25) is 4.52 Å². The third kappa shape index (κ3) is 12.0. The Morgan fingerprint density at radius 2 is 1.85 bits per heavy atom. The van der Waals surface area contributed by atoms with Crippen LogP contribution in [0.25, 0.3) is 0 Å². The first-order valence-electron chi connectivity index (χ1n) is 4.08. The van der Waals surface area contributed by atoms with Crippen LogP contribution < -0.4 is 5.32 Å². The normalized spacial score (nSPS) is 11.9. The summed E-state index contributed by atoms with van der Waals surface area (Å²) in [4.78, 5) is 16.6. The Kier molecular flexibility index (Phi) is 7.45. The number of aliphatic hydroxyl groups is 1. The van der Waals surface area contributed by atoms with Gasteiger partial charge in [-0.1, -0.05) is 0 Å². The Balaban J connectivity index is 3.04. The lowest BCUT2D eigenvalue weighted by atomic mass is 10.4. The van der Waals surface area contributed by atoms with Crippen molar-refractivity contribution in [2.75, 3.05) is 26.3 Å². The first kappa shape index (κ1) is 13.0. The maximum absolute atomic E-state index is 10.2. The Morgan fingerprint density at radius 3 is 2.38 bits per heavy atom. The fourth-order valence-electron chi connectivity index (χ4n) is 0.710. The lowest BCUT2D eigenvalue weighted by molar-refractivity contribution is 0.194. The second kappa shape index (κ2) is 7.44. The molecule has 0 amide bonds. The highest BCUT2D eigenvalue weighted by atomic mass is 31.2. The van der Waals surface area contributed by atoms with Gasteiger partial charge >= 0.3 is 7.82 Å². The summed E-state index contributed by atoms with van der Waals surface area (Å²) < 4.78 is 14.4. The van der Waals surface area contributed by atoms with E-state index in [1.807, 2.05) is 0 Å². The van der Waals surface area contributed by atoms with Crippen LogP contribution in [-0.4, -0.2) is 41.2 Å². The zero-order valence-corrected chi connectivity index (χ0v) is 8.24. The van der Waals surface area contributed by atoms with E-state index in [2.05, 4.69) is 9.84 Å². The lowest BCUT2D eigenvalue weighted by Gasteiger charge is -2.05. The average Bonchev–Trinajstić information content (AvgIpc) is 2.01. The van der Waals surface area contributed by atoms with E-state index in [1.165, 1.54) is 0 Å². The third-order valence-electron chi connectivity index (χ3n) is 1.27. The highest BCUT2D eigenvalue weighted by Gasteiger charge is 2.11. The maximum atomic E-state index is 10.2. The van der Waals surface area contributed by atoms with Gasteiger partial charge in [0.25, 0.3) is 0 Å². The molecular formula is C6H16NO5P. The van der Waals surface area contributed by atoms with Crippen molar-refractivity contribution in [3.63, 3.8) is 0 Å². The molecule has 0 atom stereocenters. The molecule has 0 spiro atoms. The SMILES string of the molecule is O=P(O)(O)OCCCNCCCO. The molecule has 0 rings (SSSR count). The fourth-order valence-corrected chi connectivity index (χ4v) is 1.08. The fraction of sp³-hybridized carbons (Fsp3) is 1.00. The molecule has 0 aliphatic carbocycles. The molecule has 0 radical (unpaired) electrons. The number of phosphoric acid groups is 1. The van der Waals surface area contributed by atoms with Gasteiger partial charge < -0.3 is 20.2 Å². The van der Waals surface area contributed by atoms with Gasteiger partial charge in [0.2, 0.25) is 0 Å². The second-order valence-corrected chi connectivity index (χ2v) is 3.74. The van der Waals surface area contributed by atoms with E-state index < -0.39 is 7.82 Å². The lowest BCUT2D eigenvalue weighted by Crippen LogP contribution is -2.18. The van der Waals surface area contributed by atoms with E-state index in [1.54, 1.807) is 0 Å². The van der Waals surface area contributed by atoms with Gasteiger partial charge in [-0.15, -0.1) is 0 Å². The van der Waals surface area contributed by atoms with Crippen molar-refractivity contribution in [3.8, 4) is 0 Å². The predicted octanol–water partition coefficient (Wildman–Crippen LogP) is -0.542. The smallest absolute Gasteiger partial charge is 0.396 e. The summed E-state index contributed by atoms with van der Waals surface area (Å²) >= 11 is 0. The molecule has 0 aromatic heterocycles. The van der Waals surface area contributed by atoms with E-state index in [0.29, 0.717) is 25.9 Å². The van der Waals surface area contributed by atoms with Gasteiger partial charge in [0.15, 0.2) is 0 Å². The molecule has 0 aromatic rings. The summed E-state index contributed by atoms with van der Waals surface area (Å²) in [6, 6.07) is 0. The minimum Gasteiger partial charge on any atom is -0.396 e. The van der Waals surface area contributed by atoms with Crippen LogP contribution in [0.15, 0.2) is 0 Å². The molecule has 6 nitrogen and oxygen atoms in total. The number of aliphatic hydroxyl groups excluding tert-OH is 1. The van der Waals surface area contributed by atoms with Gasteiger partial charge in [-0.25, -0.2) is 4.57 Å². The molecule has 0 bridgehead atoms. The zero-order valence-electron chi connectivity index (χ0n) is 7.35. The predicted molar refractivity (Wildman–Crippen MR) is 47.2 cm³/mol. The van der Waals surface area contributed by atoms with Crippen LogP contribution in [0.5, 0.6) is 0 Å². The zero-order chi connectivity index (χ0) is 10.2. The van der Waals surface area contributed by atoms with Crippen molar-refractivity contribution in [2.45, 2.75) is 12.8 Å². The highest BCUT2D eigenvalue weighted by Crippen LogP contribution is 2.35. The van der Waals surface area contributed by atoms with E-state index in [4.69, 9.17) is 14.9 Å². The standard InChI is InChI=1S/C6H16NO5P/c8-5-1-3-7-4-2-6-12-13(9,10)11/h7-8H,1-6H2,(H2,9,10,11). The number of hydrogen-bond donors (Lipinski definition) is 4. The topological polar surface area (TPSA) is 99.0 Å². The Bertz CT molecular complexity index is 159. The summed E-state index contributed by atoms with van der Waals surface area (Å²) in [7, 11) is -4.29. The van der Waals surface area contributed by atoms with Crippen LogP contribution in [0.3, 0.4) is 0 Å². The molecule has 0 unspecified atom stereocenters. The molecular weight excluding hydrogens is 197 g/mol. The van der Waals surface area contributed by atoms with Gasteiger partial charge in [-0.2, -0.15) is 0 Å². The average molecular weight is 213 g/mol. The number of phosphoric ester groups is 1. The van der Waals surface area contributed by atoms with E-state index in [9.17, 15) is 4.57 Å². The maximum Gasteiger partial charge on any atom is 0.469 e. The molecule has 0 saturated heterocycles. The molecule has 0 aliphatic heterocycles. The molecule has 0 heterocycles. The van der Waals surface area contributed by atoms with Crippen LogP contribution in [0, 0.1) is 0 Å². The summed E-state index contributed by atoms with van der Waals surface area (Å²) in [5, 5.41) is 11.4. The summed E-state index contributed by atoms with van der Waals surface area (Å²) in [6.07, 6.45) is 1.22. The molecule has 0 saturated carbocycles. The van der Waals surface area contributed by atoms with Gasteiger partial charge in [-0.05, 0) is 25.9 Å². The largest absolute Gasteiger partial charge is 0.469 e. The molecule has 7 heteroatoms. The minimum atomic E-state index is -4.29. The van der Waals surface area contributed by atoms with E-state index in [0.717, 1.165) is 0 Å². The van der Waals surface area contributed by atoms with Crippen molar-refractivity contribution in [1.29, 1.82) is 0 Å². The van der Waals surface area contributed by atoms with Crippen LogP contribution in [0.4, 0.5) is 0 Å². The Hall–Kier alpha value is 0.0300. The molecule has 4 N–H and O–H groups in total. The monoisotopic (exact) mass is 213 g/mol. The summed E-state index contributed by atoms with van der Waals surface area (Å²) in [5.74, 6) is 0. The van der Waals surface area contributed by atoms with Gasteiger partial charge in [0, 0.05) is 6.61 Å². The first-order valence-corrected chi connectivity index (χ1v) is 5.61. The van der Waals surface area contributed by atoms with E-state index in [-0.39, 0.29) is 13.2 Å². The number of nitrogens with one attached hydrogen (secondary N) is 1. The summed E-state index contributed by atoms with van der Waals surface area (Å²) in [5.41, 5.74) is 0. The quantitative estimate of drug-likeness (QED) is 0.319. The van der Waals surface area contributed by atoms with Gasteiger partial charge in [0.05, 0.1) is 6.61 Å². The van der Waals surface area contributed by atoms with Crippen LogP contribution in [0.1, 0.15) is 12.8 Å². The van der Waals surface area contributed by atoms with Crippen molar-refractivity contribution < 1.29 is 24.0 Å². The van der Waals surface area contributed by atoms with Crippen molar-refractivity contribution in [1.82, 2.24) is 5.32 Å². The van der Waals surface area contributed by atoms with Crippen LogP contribution in [0.2, 0.25) is 0 Å². The highest BCUT2D eigenvalue weighted by molar-refractivity contribution is 7.46. The first-order chi connectivity index (χ1) is 6.06. The molecule has 80 valence electrons. The van der Waals surface area contributed by atoms with E-state index >= 15 is 0 Å². The molecule has 0 aliphatic rings. The van der Waals surface area contributed by atoms with Crippen molar-refractivity contribution in [3.05, 3.63) is 0 Å². The molecule has 0 fully saturated rings.